The molecule has 0 aliphatic carbocycles. The summed E-state index contributed by atoms with van der Waals surface area (Å²) in [6.07, 6.45) is 1.53. The summed E-state index contributed by atoms with van der Waals surface area (Å²) in [5.74, 6) is -0.903. The van der Waals surface area contributed by atoms with Crippen LogP contribution in [0.1, 0.15) is 36.2 Å². The van der Waals surface area contributed by atoms with Crippen molar-refractivity contribution in [3.05, 3.63) is 29.3 Å². The zero-order chi connectivity index (χ0) is 14.9. The second-order valence-corrected chi connectivity index (χ2v) is 5.30. The first-order valence-corrected chi connectivity index (χ1v) is 6.88. The quantitative estimate of drug-likeness (QED) is 0.875. The molecule has 0 saturated carbocycles. The molecule has 1 aliphatic heterocycles. The molecule has 0 fully saturated rings. The van der Waals surface area contributed by atoms with Crippen LogP contribution < -0.4 is 10.6 Å². The van der Waals surface area contributed by atoms with E-state index in [-0.39, 0.29) is 17.4 Å². The van der Waals surface area contributed by atoms with Gasteiger partial charge in [-0.15, -0.1) is 0 Å². The standard InChI is InChI=1S/C15H20N2O3/c1-3-9(2)13(16)14(18)17-7-6-10-8-11(15(19)20)4-5-12(10)17/h4-5,8-9,13H,3,6-7,16H2,1-2H3,(H,19,20). The van der Waals surface area contributed by atoms with Crippen molar-refractivity contribution in [2.45, 2.75) is 32.7 Å². The highest BCUT2D eigenvalue weighted by molar-refractivity contribution is 5.99. The van der Waals surface area contributed by atoms with Gasteiger partial charge in [0.05, 0.1) is 11.6 Å². The van der Waals surface area contributed by atoms with Crippen LogP contribution >= 0.6 is 0 Å². The monoisotopic (exact) mass is 276 g/mol. The number of anilines is 1. The van der Waals surface area contributed by atoms with Crippen LogP contribution in [-0.4, -0.2) is 29.6 Å². The highest BCUT2D eigenvalue weighted by Gasteiger charge is 2.30. The molecule has 1 aromatic rings. The number of nitrogens with zero attached hydrogens (tertiary/aromatic N) is 1. The van der Waals surface area contributed by atoms with Gasteiger partial charge in [-0.2, -0.15) is 0 Å². The van der Waals surface area contributed by atoms with Crippen LogP contribution in [0.4, 0.5) is 5.69 Å². The lowest BCUT2D eigenvalue weighted by molar-refractivity contribution is -0.120. The number of aromatic carboxylic acids is 1. The molecule has 2 rings (SSSR count). The molecule has 1 aromatic carbocycles. The second-order valence-electron chi connectivity index (χ2n) is 5.30. The van der Waals surface area contributed by atoms with E-state index >= 15 is 0 Å². The van der Waals surface area contributed by atoms with Crippen LogP contribution in [0.3, 0.4) is 0 Å². The van der Waals surface area contributed by atoms with Gasteiger partial charge < -0.3 is 15.7 Å². The molecular formula is C15H20N2O3. The van der Waals surface area contributed by atoms with Gasteiger partial charge >= 0.3 is 5.97 Å². The SMILES string of the molecule is CCC(C)C(N)C(=O)N1CCc2cc(C(=O)O)ccc21. The lowest BCUT2D eigenvalue weighted by Crippen LogP contribution is -2.46. The number of carbonyl (C=O) groups is 2. The molecule has 3 N–H and O–H groups in total. The first kappa shape index (κ1) is 14.5. The van der Waals surface area contributed by atoms with Crippen molar-refractivity contribution in [3.63, 3.8) is 0 Å². The molecule has 5 heteroatoms. The number of nitrogens with two attached hydrogens (primary N) is 1. The Labute approximate surface area is 118 Å². The van der Waals surface area contributed by atoms with Gasteiger partial charge in [0.2, 0.25) is 5.91 Å². The summed E-state index contributed by atoms with van der Waals surface area (Å²) < 4.78 is 0. The van der Waals surface area contributed by atoms with Gasteiger partial charge in [0, 0.05) is 12.2 Å². The predicted molar refractivity (Wildman–Crippen MR) is 76.9 cm³/mol. The zero-order valence-corrected chi connectivity index (χ0v) is 11.8. The van der Waals surface area contributed by atoms with E-state index in [4.69, 9.17) is 10.8 Å². The van der Waals surface area contributed by atoms with Crippen molar-refractivity contribution in [3.8, 4) is 0 Å². The number of benzene rings is 1. The van der Waals surface area contributed by atoms with Crippen molar-refractivity contribution >= 4 is 17.6 Å². The summed E-state index contributed by atoms with van der Waals surface area (Å²) >= 11 is 0. The fourth-order valence-corrected chi connectivity index (χ4v) is 2.44. The number of hydrogen-bond donors (Lipinski definition) is 2. The van der Waals surface area contributed by atoms with E-state index in [9.17, 15) is 9.59 Å². The van der Waals surface area contributed by atoms with Crippen LogP contribution in [0.15, 0.2) is 18.2 Å². The summed E-state index contributed by atoms with van der Waals surface area (Å²) in [6, 6.07) is 4.36. The summed E-state index contributed by atoms with van der Waals surface area (Å²) in [7, 11) is 0. The molecule has 2 atom stereocenters. The maximum absolute atomic E-state index is 12.4. The topological polar surface area (TPSA) is 83.6 Å². The lowest BCUT2D eigenvalue weighted by atomic mass is 9.99. The highest BCUT2D eigenvalue weighted by Crippen LogP contribution is 2.30. The van der Waals surface area contributed by atoms with Crippen LogP contribution in [0.2, 0.25) is 0 Å². The van der Waals surface area contributed by atoms with Gasteiger partial charge in [0.1, 0.15) is 0 Å². The van der Waals surface area contributed by atoms with Gasteiger partial charge in [-0.25, -0.2) is 4.79 Å². The molecule has 108 valence electrons. The molecule has 5 nitrogen and oxygen atoms in total. The third-order valence-corrected chi connectivity index (χ3v) is 4.03. The fraction of sp³-hybridized carbons (Fsp3) is 0.467. The molecule has 1 amide bonds. The normalized spacial score (nSPS) is 16.6. The third-order valence-electron chi connectivity index (χ3n) is 4.03. The summed E-state index contributed by atoms with van der Waals surface area (Å²) in [5.41, 5.74) is 7.94. The average Bonchev–Trinajstić information content (AvgIpc) is 2.87. The first-order valence-electron chi connectivity index (χ1n) is 6.88. The Morgan fingerprint density at radius 2 is 2.15 bits per heavy atom. The molecule has 1 aliphatic rings. The number of rotatable bonds is 4. The van der Waals surface area contributed by atoms with Crippen LogP contribution in [0.25, 0.3) is 0 Å². The number of carbonyl (C=O) groups excluding carboxylic acids is 1. The maximum atomic E-state index is 12.4. The Morgan fingerprint density at radius 1 is 1.45 bits per heavy atom. The van der Waals surface area contributed by atoms with E-state index in [1.807, 2.05) is 13.8 Å². The molecule has 1 heterocycles. The van der Waals surface area contributed by atoms with Gasteiger partial charge in [-0.1, -0.05) is 20.3 Å². The van der Waals surface area contributed by atoms with E-state index in [0.29, 0.717) is 13.0 Å². The van der Waals surface area contributed by atoms with E-state index in [2.05, 4.69) is 0 Å². The number of fused-ring (bicyclic) bond motifs is 1. The van der Waals surface area contributed by atoms with Gasteiger partial charge in [0.15, 0.2) is 0 Å². The number of amides is 1. The molecule has 0 bridgehead atoms. The molecule has 2 unspecified atom stereocenters. The summed E-state index contributed by atoms with van der Waals surface area (Å²) in [6.45, 7) is 4.54. The molecule has 0 radical (unpaired) electrons. The molecular weight excluding hydrogens is 256 g/mol. The summed E-state index contributed by atoms with van der Waals surface area (Å²) in [4.78, 5) is 25.0. The molecule has 20 heavy (non-hydrogen) atoms. The molecule has 0 spiro atoms. The van der Waals surface area contributed by atoms with Crippen molar-refractivity contribution in [2.24, 2.45) is 11.7 Å². The van der Waals surface area contributed by atoms with Crippen LogP contribution in [-0.2, 0) is 11.2 Å². The van der Waals surface area contributed by atoms with Crippen molar-refractivity contribution in [1.82, 2.24) is 0 Å². The van der Waals surface area contributed by atoms with Gasteiger partial charge in [0.25, 0.3) is 0 Å². The number of carboxylic acid groups (broad SMARTS) is 1. The minimum absolute atomic E-state index is 0.0822. The zero-order valence-electron chi connectivity index (χ0n) is 11.8. The largest absolute Gasteiger partial charge is 0.478 e. The van der Waals surface area contributed by atoms with E-state index in [1.54, 1.807) is 17.0 Å². The Balaban J connectivity index is 2.24. The van der Waals surface area contributed by atoms with E-state index in [1.165, 1.54) is 6.07 Å². The fourth-order valence-electron chi connectivity index (χ4n) is 2.44. The van der Waals surface area contributed by atoms with Crippen molar-refractivity contribution in [2.75, 3.05) is 11.4 Å². The van der Waals surface area contributed by atoms with Gasteiger partial charge in [-0.05, 0) is 36.1 Å². The predicted octanol–water partition coefficient (Wildman–Crippen LogP) is 1.65. The summed E-state index contributed by atoms with van der Waals surface area (Å²) in [5, 5.41) is 8.98. The Bertz CT molecular complexity index is 542. The molecule has 0 aromatic heterocycles. The average molecular weight is 276 g/mol. The number of hydrogen-bond acceptors (Lipinski definition) is 3. The Morgan fingerprint density at radius 3 is 2.75 bits per heavy atom. The van der Waals surface area contributed by atoms with E-state index < -0.39 is 12.0 Å². The third kappa shape index (κ3) is 2.54. The maximum Gasteiger partial charge on any atom is 0.335 e. The Hall–Kier alpha value is -1.88. The second kappa shape index (κ2) is 5.63. The van der Waals surface area contributed by atoms with Crippen molar-refractivity contribution < 1.29 is 14.7 Å². The van der Waals surface area contributed by atoms with Crippen molar-refractivity contribution in [1.29, 1.82) is 0 Å². The highest BCUT2D eigenvalue weighted by atomic mass is 16.4. The van der Waals surface area contributed by atoms with Crippen LogP contribution in [0.5, 0.6) is 0 Å². The minimum atomic E-state index is -0.950. The van der Waals surface area contributed by atoms with Gasteiger partial charge in [-0.3, -0.25) is 4.79 Å². The first-order chi connectivity index (χ1) is 9.45. The Kier molecular flexibility index (Phi) is 4.09. The minimum Gasteiger partial charge on any atom is -0.478 e. The smallest absolute Gasteiger partial charge is 0.335 e. The lowest BCUT2D eigenvalue weighted by Gasteiger charge is -2.24. The number of carboxylic acids is 1. The van der Waals surface area contributed by atoms with E-state index in [0.717, 1.165) is 17.7 Å². The molecule has 0 saturated heterocycles. The van der Waals surface area contributed by atoms with Crippen LogP contribution in [0, 0.1) is 5.92 Å².